The number of rotatable bonds is 5. The van der Waals surface area contributed by atoms with Crippen LogP contribution in [0.3, 0.4) is 0 Å². The molecule has 4 heterocycles. The minimum atomic E-state index is -0.115. The molecule has 4 aromatic rings. The summed E-state index contributed by atoms with van der Waals surface area (Å²) < 4.78 is 12.6. The van der Waals surface area contributed by atoms with Crippen molar-refractivity contribution in [1.82, 2.24) is 24.5 Å². The average Bonchev–Trinajstić information content (AvgIpc) is 3.57. The highest BCUT2D eigenvalue weighted by Gasteiger charge is 2.34. The van der Waals surface area contributed by atoms with Crippen LogP contribution in [0, 0.1) is 0 Å². The van der Waals surface area contributed by atoms with Crippen LogP contribution in [0.15, 0.2) is 48.0 Å². The Bertz CT molecular complexity index is 1250. The van der Waals surface area contributed by atoms with Crippen molar-refractivity contribution in [1.29, 1.82) is 0 Å². The van der Waals surface area contributed by atoms with Crippen LogP contribution in [0.4, 0.5) is 0 Å². The molecule has 1 aromatic carbocycles. The standard InChI is InChI=1S/C22H21N5O3S/c1-29-17-9-8-14(12-18(17)30-2)21-23-15(13-31-21)22(28)26-11-5-6-16(26)20-25-24-19-7-3-4-10-27(19)20/h3-4,7-10,12-13,16H,5-6,11H2,1-2H3/t16-/m0/s1. The fourth-order valence-corrected chi connectivity index (χ4v) is 4.78. The van der Waals surface area contributed by atoms with E-state index in [1.54, 1.807) is 14.2 Å². The van der Waals surface area contributed by atoms with Gasteiger partial charge in [-0.25, -0.2) is 4.98 Å². The van der Waals surface area contributed by atoms with Crippen molar-refractivity contribution in [3.05, 3.63) is 59.5 Å². The van der Waals surface area contributed by atoms with Crippen molar-refractivity contribution in [2.45, 2.75) is 18.9 Å². The Balaban J connectivity index is 1.42. The molecule has 0 radical (unpaired) electrons. The van der Waals surface area contributed by atoms with E-state index in [2.05, 4.69) is 15.2 Å². The molecule has 0 aliphatic carbocycles. The summed E-state index contributed by atoms with van der Waals surface area (Å²) >= 11 is 1.44. The fourth-order valence-electron chi connectivity index (χ4n) is 3.99. The Kier molecular flexibility index (Phi) is 5.03. The van der Waals surface area contributed by atoms with Crippen LogP contribution >= 0.6 is 11.3 Å². The van der Waals surface area contributed by atoms with Gasteiger partial charge in [-0.3, -0.25) is 9.20 Å². The zero-order chi connectivity index (χ0) is 21.4. The maximum atomic E-state index is 13.3. The van der Waals surface area contributed by atoms with Gasteiger partial charge in [0.15, 0.2) is 23.0 Å². The quantitative estimate of drug-likeness (QED) is 0.474. The summed E-state index contributed by atoms with van der Waals surface area (Å²) in [4.78, 5) is 19.8. The molecular formula is C22H21N5O3S. The van der Waals surface area contributed by atoms with E-state index >= 15 is 0 Å². The van der Waals surface area contributed by atoms with E-state index in [0.717, 1.165) is 34.9 Å². The van der Waals surface area contributed by atoms with Gasteiger partial charge in [0.2, 0.25) is 0 Å². The monoisotopic (exact) mass is 435 g/mol. The molecule has 1 aliphatic heterocycles. The van der Waals surface area contributed by atoms with Gasteiger partial charge >= 0.3 is 0 Å². The van der Waals surface area contributed by atoms with E-state index in [9.17, 15) is 4.79 Å². The summed E-state index contributed by atoms with van der Waals surface area (Å²) in [6.45, 7) is 0.675. The number of amides is 1. The number of ether oxygens (including phenoxy) is 2. The first-order valence-corrected chi connectivity index (χ1v) is 10.9. The third-order valence-corrected chi connectivity index (χ3v) is 6.40. The highest BCUT2D eigenvalue weighted by atomic mass is 32.1. The molecular weight excluding hydrogens is 414 g/mol. The summed E-state index contributed by atoms with van der Waals surface area (Å²) in [5, 5.41) is 11.2. The maximum absolute atomic E-state index is 13.3. The average molecular weight is 436 g/mol. The Hall–Kier alpha value is -3.46. The lowest BCUT2D eigenvalue weighted by Crippen LogP contribution is -2.31. The number of nitrogens with zero attached hydrogens (tertiary/aromatic N) is 5. The number of benzene rings is 1. The molecule has 1 atom stereocenters. The number of hydrogen-bond acceptors (Lipinski definition) is 7. The number of pyridine rings is 1. The van der Waals surface area contributed by atoms with Crippen molar-refractivity contribution >= 4 is 22.9 Å². The first kappa shape index (κ1) is 19.5. The number of fused-ring (bicyclic) bond motifs is 1. The number of likely N-dealkylation sites (tertiary alicyclic amines) is 1. The summed E-state index contributed by atoms with van der Waals surface area (Å²) in [6.07, 6.45) is 3.71. The van der Waals surface area contributed by atoms with Gasteiger partial charge in [0, 0.05) is 23.7 Å². The molecule has 0 saturated carbocycles. The Morgan fingerprint density at radius 2 is 2.00 bits per heavy atom. The molecule has 1 amide bonds. The molecule has 0 bridgehead atoms. The lowest BCUT2D eigenvalue weighted by atomic mass is 10.2. The van der Waals surface area contributed by atoms with Crippen LogP contribution in [0.2, 0.25) is 0 Å². The number of methoxy groups -OCH3 is 2. The molecule has 1 saturated heterocycles. The molecule has 9 heteroatoms. The number of thiazole rings is 1. The van der Waals surface area contributed by atoms with Gasteiger partial charge in [-0.1, -0.05) is 6.07 Å². The predicted octanol–water partition coefficient (Wildman–Crippen LogP) is 3.85. The van der Waals surface area contributed by atoms with Gasteiger partial charge in [-0.2, -0.15) is 0 Å². The van der Waals surface area contributed by atoms with E-state index < -0.39 is 0 Å². The zero-order valence-corrected chi connectivity index (χ0v) is 18.0. The Morgan fingerprint density at radius 3 is 2.84 bits per heavy atom. The molecule has 5 rings (SSSR count). The highest BCUT2D eigenvalue weighted by Crippen LogP contribution is 2.35. The predicted molar refractivity (Wildman–Crippen MR) is 117 cm³/mol. The van der Waals surface area contributed by atoms with Gasteiger partial charge in [-0.05, 0) is 43.2 Å². The van der Waals surface area contributed by atoms with Crippen LogP contribution in [-0.4, -0.2) is 51.2 Å². The zero-order valence-electron chi connectivity index (χ0n) is 17.2. The molecule has 0 unspecified atom stereocenters. The summed E-state index contributed by atoms with van der Waals surface area (Å²) in [5.74, 6) is 1.98. The smallest absolute Gasteiger partial charge is 0.273 e. The minimum Gasteiger partial charge on any atom is -0.493 e. The van der Waals surface area contributed by atoms with Gasteiger partial charge in [-0.15, -0.1) is 21.5 Å². The first-order chi connectivity index (χ1) is 15.2. The highest BCUT2D eigenvalue weighted by molar-refractivity contribution is 7.13. The number of hydrogen-bond donors (Lipinski definition) is 0. The fraction of sp³-hybridized carbons (Fsp3) is 0.273. The molecule has 0 N–H and O–H groups in total. The molecule has 31 heavy (non-hydrogen) atoms. The maximum Gasteiger partial charge on any atom is 0.273 e. The lowest BCUT2D eigenvalue weighted by molar-refractivity contribution is 0.0724. The Morgan fingerprint density at radius 1 is 1.13 bits per heavy atom. The molecule has 3 aromatic heterocycles. The van der Waals surface area contributed by atoms with E-state index in [4.69, 9.17) is 9.47 Å². The first-order valence-electron chi connectivity index (χ1n) is 9.98. The molecule has 1 aliphatic rings. The van der Waals surface area contributed by atoms with Gasteiger partial charge in [0.05, 0.1) is 20.3 Å². The normalized spacial score (nSPS) is 16.1. The lowest BCUT2D eigenvalue weighted by Gasteiger charge is -2.22. The van der Waals surface area contributed by atoms with E-state index in [1.165, 1.54) is 11.3 Å². The van der Waals surface area contributed by atoms with E-state index in [-0.39, 0.29) is 11.9 Å². The van der Waals surface area contributed by atoms with Gasteiger partial charge in [0.1, 0.15) is 10.7 Å². The summed E-state index contributed by atoms with van der Waals surface area (Å²) in [5.41, 5.74) is 2.10. The molecule has 0 spiro atoms. The SMILES string of the molecule is COc1ccc(-c2nc(C(=O)N3CCC[C@H]3c3nnc4ccccn34)cs2)cc1OC. The number of aromatic nitrogens is 4. The van der Waals surface area contributed by atoms with Crippen molar-refractivity contribution in [3.63, 3.8) is 0 Å². The number of carbonyl (C=O) groups is 1. The summed E-state index contributed by atoms with van der Waals surface area (Å²) in [7, 11) is 3.20. The third-order valence-electron chi connectivity index (χ3n) is 5.51. The molecule has 1 fully saturated rings. The Labute approximate surface area is 183 Å². The second kappa shape index (κ2) is 7.99. The van der Waals surface area contributed by atoms with Crippen molar-refractivity contribution in [2.75, 3.05) is 20.8 Å². The largest absolute Gasteiger partial charge is 0.493 e. The van der Waals surface area contributed by atoms with Crippen molar-refractivity contribution < 1.29 is 14.3 Å². The van der Waals surface area contributed by atoms with Crippen LogP contribution in [0.1, 0.15) is 35.2 Å². The van der Waals surface area contributed by atoms with Crippen LogP contribution in [0.25, 0.3) is 16.2 Å². The minimum absolute atomic E-state index is 0.0850. The topological polar surface area (TPSA) is 81.9 Å². The second-order valence-electron chi connectivity index (χ2n) is 7.25. The van der Waals surface area contributed by atoms with Crippen LogP contribution in [0.5, 0.6) is 11.5 Å². The van der Waals surface area contributed by atoms with E-state index in [0.29, 0.717) is 23.7 Å². The molecule has 158 valence electrons. The number of carbonyl (C=O) groups excluding carboxylic acids is 1. The van der Waals surface area contributed by atoms with Crippen LogP contribution in [-0.2, 0) is 0 Å². The third kappa shape index (κ3) is 3.40. The van der Waals surface area contributed by atoms with Crippen molar-refractivity contribution in [2.24, 2.45) is 0 Å². The van der Waals surface area contributed by atoms with E-state index in [1.807, 2.05) is 57.3 Å². The second-order valence-corrected chi connectivity index (χ2v) is 8.11. The molecule has 8 nitrogen and oxygen atoms in total. The summed E-state index contributed by atoms with van der Waals surface area (Å²) in [6, 6.07) is 11.3. The van der Waals surface area contributed by atoms with Crippen molar-refractivity contribution in [3.8, 4) is 22.1 Å². The van der Waals surface area contributed by atoms with Gasteiger partial charge < -0.3 is 14.4 Å². The van der Waals surface area contributed by atoms with Crippen LogP contribution < -0.4 is 9.47 Å². The van der Waals surface area contributed by atoms with Gasteiger partial charge in [0.25, 0.3) is 5.91 Å².